The number of rotatable bonds is 7. The van der Waals surface area contributed by atoms with Gasteiger partial charge in [-0.25, -0.2) is 13.2 Å². The minimum Gasteiger partial charge on any atom is -0.502 e. The van der Waals surface area contributed by atoms with Gasteiger partial charge < -0.3 is 20.1 Å². The summed E-state index contributed by atoms with van der Waals surface area (Å²) in [6, 6.07) is 3.49. The number of nitrogens with one attached hydrogen (secondary N) is 1. The minimum atomic E-state index is -1.36. The van der Waals surface area contributed by atoms with E-state index in [0.717, 1.165) is 12.1 Å². The number of aliphatic hydroxyl groups is 1. The molecule has 2 unspecified atom stereocenters. The fourth-order valence-corrected chi connectivity index (χ4v) is 3.05. The number of methoxy groups -OCH3 is 1. The van der Waals surface area contributed by atoms with E-state index in [0.29, 0.717) is 42.0 Å². The molecule has 2 N–H and O–H groups in total. The summed E-state index contributed by atoms with van der Waals surface area (Å²) in [6.45, 7) is 6.41. The molecule has 0 aromatic heterocycles. The summed E-state index contributed by atoms with van der Waals surface area (Å²) in [7, 11) is 1.50. The van der Waals surface area contributed by atoms with Gasteiger partial charge >= 0.3 is 0 Å². The molecule has 0 amide bonds. The highest BCUT2D eigenvalue weighted by Gasteiger charge is 2.26. The molecule has 7 heteroatoms. The lowest BCUT2D eigenvalue weighted by atomic mass is 10.1. The third-order valence-corrected chi connectivity index (χ3v) is 4.56. The second kappa shape index (κ2) is 10.8. The zero-order valence-electron chi connectivity index (χ0n) is 16.7. The van der Waals surface area contributed by atoms with Crippen LogP contribution >= 0.6 is 0 Å². The van der Waals surface area contributed by atoms with Crippen LogP contribution < -0.4 is 5.32 Å². The van der Waals surface area contributed by atoms with E-state index < -0.39 is 23.9 Å². The van der Waals surface area contributed by atoms with E-state index in [1.54, 1.807) is 23.1 Å². The molecule has 0 radical (unpaired) electrons. The quantitative estimate of drug-likeness (QED) is 0.508. The van der Waals surface area contributed by atoms with Crippen LogP contribution in [-0.2, 0) is 4.74 Å². The number of hydrogen-bond acceptors (Lipinski definition) is 4. The normalized spacial score (nSPS) is 21.2. The minimum absolute atomic E-state index is 0.0407. The molecule has 0 saturated carbocycles. The second-order valence-corrected chi connectivity index (χ2v) is 6.78. The van der Waals surface area contributed by atoms with E-state index in [4.69, 9.17) is 4.74 Å². The van der Waals surface area contributed by atoms with Gasteiger partial charge in [0, 0.05) is 24.0 Å². The highest BCUT2D eigenvalue weighted by atomic mass is 19.2. The Kier molecular flexibility index (Phi) is 8.39. The Bertz CT molecular complexity index is 805. The number of likely N-dealkylation sites (tertiary alicyclic amines) is 1. The van der Waals surface area contributed by atoms with Gasteiger partial charge in [-0.2, -0.15) is 0 Å². The van der Waals surface area contributed by atoms with Crippen molar-refractivity contribution in [1.82, 2.24) is 4.90 Å². The summed E-state index contributed by atoms with van der Waals surface area (Å²) < 4.78 is 46.0. The van der Waals surface area contributed by atoms with E-state index in [1.165, 1.54) is 19.4 Å². The molecule has 0 bridgehead atoms. The number of alkyl halides is 1. The number of anilines is 1. The number of benzene rings is 1. The number of aliphatic hydroxyl groups excluding tert-OH is 1. The van der Waals surface area contributed by atoms with Crippen LogP contribution in [0.15, 0.2) is 66.2 Å². The summed E-state index contributed by atoms with van der Waals surface area (Å²) in [5.41, 5.74) is 2.07. The molecule has 1 aliphatic rings. The SMILES string of the molecule is C=C(Nc1ccc(F)c(F)c1)C(/C=C\C)=C/C(=C/OC)N1CCCC(O)C(F)C1. The number of hydrogen-bond donors (Lipinski definition) is 2. The monoisotopic (exact) mass is 408 g/mol. The predicted molar refractivity (Wildman–Crippen MR) is 109 cm³/mol. The van der Waals surface area contributed by atoms with E-state index in [2.05, 4.69) is 11.9 Å². The van der Waals surface area contributed by atoms with Crippen LogP contribution in [0.1, 0.15) is 19.8 Å². The zero-order valence-corrected chi connectivity index (χ0v) is 16.7. The largest absolute Gasteiger partial charge is 0.502 e. The highest BCUT2D eigenvalue weighted by Crippen LogP contribution is 2.23. The molecule has 29 heavy (non-hydrogen) atoms. The lowest BCUT2D eigenvalue weighted by Crippen LogP contribution is -2.32. The maximum atomic E-state index is 14.2. The van der Waals surface area contributed by atoms with Gasteiger partial charge in [0.2, 0.25) is 0 Å². The van der Waals surface area contributed by atoms with E-state index in [1.807, 2.05) is 6.92 Å². The summed E-state index contributed by atoms with van der Waals surface area (Å²) in [5, 5.41) is 12.7. The zero-order chi connectivity index (χ0) is 21.4. The van der Waals surface area contributed by atoms with Gasteiger partial charge in [0.1, 0.15) is 12.4 Å². The van der Waals surface area contributed by atoms with Crippen molar-refractivity contribution in [2.45, 2.75) is 32.0 Å². The molecule has 0 aliphatic carbocycles. The smallest absolute Gasteiger partial charge is 0.160 e. The van der Waals surface area contributed by atoms with Gasteiger partial charge in [0.05, 0.1) is 25.5 Å². The standard InChI is InChI=1S/C22H27F3N2O2/c1-4-6-16(15(2)26-17-8-9-19(23)20(24)12-17)11-18(14-29-3)27-10-5-7-22(28)21(25)13-27/h4,6,8-9,11-12,14,21-22,26,28H,2,5,7,10,13H2,1,3H3/b6-4-,16-11+,18-14-. The number of nitrogens with zero attached hydrogens (tertiary/aromatic N) is 1. The fraction of sp³-hybridized carbons (Fsp3) is 0.364. The molecule has 1 aromatic carbocycles. The van der Waals surface area contributed by atoms with Crippen molar-refractivity contribution in [1.29, 1.82) is 0 Å². The van der Waals surface area contributed by atoms with Gasteiger partial charge in [0.25, 0.3) is 0 Å². The van der Waals surface area contributed by atoms with Gasteiger partial charge in [-0.1, -0.05) is 18.7 Å². The average molecular weight is 408 g/mol. The molecule has 1 fully saturated rings. The Morgan fingerprint density at radius 3 is 2.76 bits per heavy atom. The average Bonchev–Trinajstić information content (AvgIpc) is 2.85. The first-order chi connectivity index (χ1) is 13.8. The van der Waals surface area contributed by atoms with Crippen LogP contribution in [0.3, 0.4) is 0 Å². The van der Waals surface area contributed by atoms with E-state index in [9.17, 15) is 18.3 Å². The fourth-order valence-electron chi connectivity index (χ4n) is 3.05. The first-order valence-electron chi connectivity index (χ1n) is 9.41. The molecule has 4 nitrogen and oxygen atoms in total. The van der Waals surface area contributed by atoms with Crippen LogP contribution in [0, 0.1) is 11.6 Å². The molecule has 2 atom stereocenters. The topological polar surface area (TPSA) is 44.7 Å². The Morgan fingerprint density at radius 2 is 2.10 bits per heavy atom. The number of halogens is 3. The molecule has 1 aliphatic heterocycles. The van der Waals surface area contributed by atoms with Crippen LogP contribution in [0.25, 0.3) is 0 Å². The Labute approximate surface area is 169 Å². The van der Waals surface area contributed by atoms with E-state index in [-0.39, 0.29) is 6.54 Å². The lowest BCUT2D eigenvalue weighted by Gasteiger charge is -2.25. The van der Waals surface area contributed by atoms with Crippen LogP contribution in [-0.4, -0.2) is 42.5 Å². The molecule has 0 spiro atoms. The maximum Gasteiger partial charge on any atom is 0.160 e. The summed E-state index contributed by atoms with van der Waals surface area (Å²) in [4.78, 5) is 1.80. The second-order valence-electron chi connectivity index (χ2n) is 6.78. The van der Waals surface area contributed by atoms with Crippen LogP contribution in [0.5, 0.6) is 0 Å². The molecule has 158 valence electrons. The Morgan fingerprint density at radius 1 is 1.34 bits per heavy atom. The van der Waals surface area contributed by atoms with Crippen molar-refractivity contribution in [3.05, 3.63) is 77.9 Å². The molecular formula is C22H27F3N2O2. The van der Waals surface area contributed by atoms with Gasteiger partial charge in [0.15, 0.2) is 11.6 Å². The van der Waals surface area contributed by atoms with Gasteiger partial charge in [-0.15, -0.1) is 0 Å². The predicted octanol–water partition coefficient (Wildman–Crippen LogP) is 4.68. The van der Waals surface area contributed by atoms with Gasteiger partial charge in [-0.3, -0.25) is 0 Å². The first-order valence-corrected chi connectivity index (χ1v) is 9.41. The van der Waals surface area contributed by atoms with Crippen molar-refractivity contribution < 1.29 is 23.0 Å². The molecule has 2 rings (SSSR count). The lowest BCUT2D eigenvalue weighted by molar-refractivity contribution is 0.0693. The van der Waals surface area contributed by atoms with Crippen molar-refractivity contribution in [2.24, 2.45) is 0 Å². The third-order valence-electron chi connectivity index (χ3n) is 4.56. The Balaban J connectivity index is 2.27. The summed E-state index contributed by atoms with van der Waals surface area (Å²) in [6.07, 6.45) is 5.56. The summed E-state index contributed by atoms with van der Waals surface area (Å²) in [5.74, 6) is -1.89. The molecule has 1 saturated heterocycles. The molecular weight excluding hydrogens is 381 g/mol. The number of ether oxygens (including phenoxy) is 1. The van der Waals surface area contributed by atoms with Crippen LogP contribution in [0.2, 0.25) is 0 Å². The Hall–Kier alpha value is -2.67. The maximum absolute atomic E-state index is 14.2. The van der Waals surface area contributed by atoms with Crippen molar-refractivity contribution in [3.8, 4) is 0 Å². The van der Waals surface area contributed by atoms with Crippen molar-refractivity contribution >= 4 is 5.69 Å². The third kappa shape index (κ3) is 6.42. The van der Waals surface area contributed by atoms with Crippen LogP contribution in [0.4, 0.5) is 18.9 Å². The summed E-state index contributed by atoms with van der Waals surface area (Å²) >= 11 is 0. The first kappa shape index (κ1) is 22.6. The van der Waals surface area contributed by atoms with Crippen molar-refractivity contribution in [2.75, 3.05) is 25.5 Å². The number of allylic oxidation sites excluding steroid dienone is 3. The van der Waals surface area contributed by atoms with E-state index >= 15 is 0 Å². The molecule has 1 aromatic rings. The highest BCUT2D eigenvalue weighted by molar-refractivity contribution is 5.56. The van der Waals surface area contributed by atoms with Gasteiger partial charge in [-0.05, 0) is 43.5 Å². The molecule has 1 heterocycles. The van der Waals surface area contributed by atoms with Crippen molar-refractivity contribution in [3.63, 3.8) is 0 Å².